The molecule has 8 nitrogen and oxygen atoms in total. The van der Waals surface area contributed by atoms with E-state index in [1.165, 1.54) is 13.8 Å². The fourth-order valence-electron chi connectivity index (χ4n) is 2.81. The molecule has 180 valence electrons. The van der Waals surface area contributed by atoms with Crippen LogP contribution in [0.5, 0.6) is 0 Å². The van der Waals surface area contributed by atoms with Crippen LogP contribution in [0.3, 0.4) is 0 Å². The molecule has 1 fully saturated rings. The number of nitrogens with zero attached hydrogens (tertiary/aromatic N) is 4. The number of aliphatic hydroxyl groups excluding tert-OH is 1. The Bertz CT molecular complexity index is 641. The number of aliphatic hydroxyl groups is 3. The summed E-state index contributed by atoms with van der Waals surface area (Å²) in [6.07, 6.45) is 3.89. The molecular formula is C21H39ClN4O4S. The SMILES string of the molecule is C=NN(c1nc(SCCC)nc(Cl)c1C)C1CCC(OCCO)C1.CC.CC(C)(O)O. The van der Waals surface area contributed by atoms with Crippen molar-refractivity contribution in [1.82, 2.24) is 9.97 Å². The van der Waals surface area contributed by atoms with Gasteiger partial charge < -0.3 is 20.1 Å². The highest BCUT2D eigenvalue weighted by Gasteiger charge is 2.32. The minimum absolute atomic E-state index is 0.0449. The summed E-state index contributed by atoms with van der Waals surface area (Å²) in [7, 11) is 0. The van der Waals surface area contributed by atoms with Gasteiger partial charge in [-0.1, -0.05) is 44.1 Å². The van der Waals surface area contributed by atoms with E-state index in [1.54, 1.807) is 11.8 Å². The summed E-state index contributed by atoms with van der Waals surface area (Å²) >= 11 is 7.89. The molecule has 1 saturated carbocycles. The van der Waals surface area contributed by atoms with Gasteiger partial charge in [-0.05, 0) is 46.5 Å². The first-order chi connectivity index (χ1) is 14.6. The standard InChI is InChI=1S/C16H25ClN4O2S.C3H8O2.C2H6/c1-4-9-24-16-19-14(17)11(2)15(20-16)21(18-3)12-5-6-13(10-12)23-8-7-22;1-3(2,4)5;1-2/h12-13,22H,3-10H2,1-2H3;4-5H,1-2H3;1-2H3. The van der Waals surface area contributed by atoms with Crippen molar-refractivity contribution in [3.8, 4) is 0 Å². The Labute approximate surface area is 196 Å². The maximum Gasteiger partial charge on any atom is 0.191 e. The predicted molar refractivity (Wildman–Crippen MR) is 129 cm³/mol. The lowest BCUT2D eigenvalue weighted by Gasteiger charge is -2.26. The molecule has 0 spiro atoms. The zero-order chi connectivity index (χ0) is 24.0. The Hall–Kier alpha value is -0.970. The lowest BCUT2D eigenvalue weighted by atomic mass is 10.2. The summed E-state index contributed by atoms with van der Waals surface area (Å²) in [5.41, 5.74) is 0.810. The first-order valence-electron chi connectivity index (χ1n) is 10.7. The molecule has 1 aromatic heterocycles. The molecule has 10 heteroatoms. The molecule has 1 aromatic rings. The van der Waals surface area contributed by atoms with Gasteiger partial charge in [0.1, 0.15) is 5.15 Å². The van der Waals surface area contributed by atoms with Crippen LogP contribution in [0.25, 0.3) is 0 Å². The van der Waals surface area contributed by atoms with Gasteiger partial charge in [0.25, 0.3) is 0 Å². The molecule has 1 aliphatic carbocycles. The van der Waals surface area contributed by atoms with Crippen LogP contribution in [-0.4, -0.2) is 68.9 Å². The highest BCUT2D eigenvalue weighted by Crippen LogP contribution is 2.34. The van der Waals surface area contributed by atoms with Crippen molar-refractivity contribution in [2.75, 3.05) is 24.0 Å². The van der Waals surface area contributed by atoms with Gasteiger partial charge in [-0.15, -0.1) is 0 Å². The number of hydrazone groups is 1. The molecule has 31 heavy (non-hydrogen) atoms. The maximum absolute atomic E-state index is 8.90. The Balaban J connectivity index is 0.00000113. The molecule has 0 aliphatic heterocycles. The second-order valence-electron chi connectivity index (χ2n) is 7.26. The van der Waals surface area contributed by atoms with Crippen LogP contribution in [0, 0.1) is 6.92 Å². The monoisotopic (exact) mass is 478 g/mol. The topological polar surface area (TPSA) is 111 Å². The third-order valence-corrected chi connectivity index (χ3v) is 5.41. The van der Waals surface area contributed by atoms with Crippen LogP contribution in [-0.2, 0) is 4.74 Å². The van der Waals surface area contributed by atoms with E-state index in [0.29, 0.717) is 16.9 Å². The number of anilines is 1. The lowest BCUT2D eigenvalue weighted by molar-refractivity contribution is -0.127. The van der Waals surface area contributed by atoms with Gasteiger partial charge in [0.2, 0.25) is 0 Å². The Morgan fingerprint density at radius 1 is 1.29 bits per heavy atom. The highest BCUT2D eigenvalue weighted by atomic mass is 35.5. The van der Waals surface area contributed by atoms with Crippen molar-refractivity contribution in [2.45, 2.75) is 90.3 Å². The number of ether oxygens (including phenoxy) is 1. The average Bonchev–Trinajstić information content (AvgIpc) is 3.17. The van der Waals surface area contributed by atoms with Gasteiger partial charge >= 0.3 is 0 Å². The molecule has 0 amide bonds. The molecule has 0 bridgehead atoms. The second kappa shape index (κ2) is 15.8. The van der Waals surface area contributed by atoms with Crippen LogP contribution in [0.15, 0.2) is 10.3 Å². The summed E-state index contributed by atoms with van der Waals surface area (Å²) in [6, 6.07) is 0.167. The molecule has 0 saturated heterocycles. The number of halogens is 1. The van der Waals surface area contributed by atoms with Gasteiger partial charge in [0, 0.05) is 18.0 Å². The highest BCUT2D eigenvalue weighted by molar-refractivity contribution is 7.99. The van der Waals surface area contributed by atoms with Crippen LogP contribution in [0.1, 0.15) is 65.9 Å². The number of rotatable bonds is 9. The van der Waals surface area contributed by atoms with E-state index in [9.17, 15) is 0 Å². The summed E-state index contributed by atoms with van der Waals surface area (Å²) in [5, 5.41) is 32.2. The first-order valence-corrected chi connectivity index (χ1v) is 12.1. The van der Waals surface area contributed by atoms with Gasteiger partial charge in [-0.25, -0.2) is 15.0 Å². The largest absolute Gasteiger partial charge is 0.394 e. The van der Waals surface area contributed by atoms with E-state index >= 15 is 0 Å². The van der Waals surface area contributed by atoms with Crippen LogP contribution >= 0.6 is 23.4 Å². The molecule has 1 heterocycles. The van der Waals surface area contributed by atoms with E-state index in [2.05, 4.69) is 28.7 Å². The summed E-state index contributed by atoms with van der Waals surface area (Å²) in [4.78, 5) is 9.00. The predicted octanol–water partition coefficient (Wildman–Crippen LogP) is 4.03. The van der Waals surface area contributed by atoms with E-state index in [4.69, 9.17) is 31.7 Å². The van der Waals surface area contributed by atoms with E-state index < -0.39 is 5.79 Å². The third-order valence-electron chi connectivity index (χ3n) is 3.99. The van der Waals surface area contributed by atoms with Gasteiger partial charge in [-0.3, -0.25) is 0 Å². The van der Waals surface area contributed by atoms with Crippen molar-refractivity contribution in [2.24, 2.45) is 5.10 Å². The average molecular weight is 479 g/mol. The van der Waals surface area contributed by atoms with Crippen molar-refractivity contribution in [1.29, 1.82) is 0 Å². The number of hydrogen-bond acceptors (Lipinski definition) is 9. The minimum atomic E-state index is -1.50. The molecule has 2 atom stereocenters. The van der Waals surface area contributed by atoms with Crippen molar-refractivity contribution in [3.63, 3.8) is 0 Å². The first kappa shape index (κ1) is 30.0. The molecular weight excluding hydrogens is 440 g/mol. The van der Waals surface area contributed by atoms with Gasteiger partial charge in [-0.2, -0.15) is 5.10 Å². The third kappa shape index (κ3) is 12.0. The lowest BCUT2D eigenvalue weighted by Crippen LogP contribution is -2.30. The number of thioether (sulfide) groups is 1. The Morgan fingerprint density at radius 3 is 2.42 bits per heavy atom. The summed E-state index contributed by atoms with van der Waals surface area (Å²) in [6.45, 7) is 14.7. The molecule has 0 radical (unpaired) electrons. The van der Waals surface area contributed by atoms with Crippen LogP contribution in [0.2, 0.25) is 5.15 Å². The fourth-order valence-corrected chi connectivity index (χ4v) is 3.71. The fraction of sp³-hybridized carbons (Fsp3) is 0.762. The smallest absolute Gasteiger partial charge is 0.191 e. The molecule has 3 N–H and O–H groups in total. The van der Waals surface area contributed by atoms with Crippen LogP contribution < -0.4 is 5.01 Å². The summed E-state index contributed by atoms with van der Waals surface area (Å²) < 4.78 is 5.64. The van der Waals surface area contributed by atoms with Gasteiger partial charge in [0.05, 0.1) is 25.4 Å². The van der Waals surface area contributed by atoms with Gasteiger partial charge in [0.15, 0.2) is 16.8 Å². The minimum Gasteiger partial charge on any atom is -0.394 e. The molecule has 2 unspecified atom stereocenters. The van der Waals surface area contributed by atoms with E-state index in [0.717, 1.165) is 42.8 Å². The molecule has 2 rings (SSSR count). The summed E-state index contributed by atoms with van der Waals surface area (Å²) in [5.74, 6) is 0.164. The maximum atomic E-state index is 8.90. The molecule has 0 aromatic carbocycles. The number of hydrogen-bond donors (Lipinski definition) is 3. The Kier molecular flexibility index (Phi) is 15.3. The van der Waals surface area contributed by atoms with Crippen LogP contribution in [0.4, 0.5) is 5.82 Å². The van der Waals surface area contributed by atoms with Crippen molar-refractivity contribution >= 4 is 35.9 Å². The normalized spacial score (nSPS) is 17.9. The number of aromatic nitrogens is 2. The zero-order valence-electron chi connectivity index (χ0n) is 19.6. The van der Waals surface area contributed by atoms with Crippen molar-refractivity contribution < 1.29 is 20.1 Å². The van der Waals surface area contributed by atoms with Crippen molar-refractivity contribution in [3.05, 3.63) is 10.7 Å². The van der Waals surface area contributed by atoms with E-state index in [1.807, 2.05) is 25.8 Å². The van der Waals surface area contributed by atoms with E-state index in [-0.39, 0.29) is 18.8 Å². The molecule has 1 aliphatic rings. The second-order valence-corrected chi connectivity index (χ2v) is 8.68. The quantitative estimate of drug-likeness (QED) is 0.122. The zero-order valence-corrected chi connectivity index (χ0v) is 21.2. The Morgan fingerprint density at radius 2 is 1.90 bits per heavy atom.